The Bertz CT molecular complexity index is 394. The zero-order valence-corrected chi connectivity index (χ0v) is 10.4. The van der Waals surface area contributed by atoms with Crippen LogP contribution in [-0.2, 0) is 4.79 Å². The lowest BCUT2D eigenvalue weighted by Gasteiger charge is -2.29. The van der Waals surface area contributed by atoms with Crippen LogP contribution in [-0.4, -0.2) is 23.2 Å². The molecule has 1 aromatic rings. The number of rotatable bonds is 3. The highest BCUT2D eigenvalue weighted by Crippen LogP contribution is 2.19. The second kappa shape index (κ2) is 5.98. The first-order valence-electron chi connectivity index (χ1n) is 6.47. The summed E-state index contributed by atoms with van der Waals surface area (Å²) in [7, 11) is 0. The van der Waals surface area contributed by atoms with Gasteiger partial charge < -0.3 is 16.2 Å². The summed E-state index contributed by atoms with van der Waals surface area (Å²) in [5, 5.41) is 12.7. The van der Waals surface area contributed by atoms with E-state index in [-0.39, 0.29) is 11.9 Å². The van der Waals surface area contributed by atoms with Crippen LogP contribution in [0.15, 0.2) is 30.3 Å². The number of aliphatic hydroxyl groups is 1. The lowest BCUT2D eigenvalue weighted by atomic mass is 9.92. The molecule has 0 aromatic heterocycles. The van der Waals surface area contributed by atoms with E-state index in [1.54, 1.807) is 0 Å². The van der Waals surface area contributed by atoms with E-state index in [9.17, 15) is 9.90 Å². The smallest absolute Gasteiger partial charge is 0.241 e. The molecule has 2 rings (SSSR count). The molecule has 1 amide bonds. The van der Waals surface area contributed by atoms with Gasteiger partial charge in [-0.05, 0) is 18.4 Å². The van der Waals surface area contributed by atoms with Crippen molar-refractivity contribution in [1.29, 1.82) is 0 Å². The lowest BCUT2D eigenvalue weighted by molar-refractivity contribution is -0.124. The zero-order chi connectivity index (χ0) is 13.0. The number of hydrogen-bond donors (Lipinski definition) is 3. The van der Waals surface area contributed by atoms with E-state index in [0.29, 0.717) is 0 Å². The van der Waals surface area contributed by atoms with Crippen molar-refractivity contribution in [3.8, 4) is 0 Å². The molecule has 0 aliphatic heterocycles. The van der Waals surface area contributed by atoms with Gasteiger partial charge in [0.15, 0.2) is 0 Å². The van der Waals surface area contributed by atoms with Gasteiger partial charge in [0, 0.05) is 0 Å². The normalized spacial score (nSPS) is 25.4. The number of nitrogens with one attached hydrogen (secondary N) is 1. The molecule has 0 radical (unpaired) electrons. The van der Waals surface area contributed by atoms with E-state index in [4.69, 9.17) is 5.73 Å². The number of carbonyl (C=O) groups excluding carboxylic acids is 1. The Labute approximate surface area is 107 Å². The Morgan fingerprint density at radius 2 is 1.94 bits per heavy atom. The Morgan fingerprint density at radius 1 is 1.28 bits per heavy atom. The van der Waals surface area contributed by atoms with E-state index >= 15 is 0 Å². The number of aliphatic hydroxyl groups excluding tert-OH is 1. The fraction of sp³-hybridized carbons (Fsp3) is 0.500. The quantitative estimate of drug-likeness (QED) is 0.750. The first-order chi connectivity index (χ1) is 8.68. The highest BCUT2D eigenvalue weighted by atomic mass is 16.3. The van der Waals surface area contributed by atoms with E-state index in [1.165, 1.54) is 0 Å². The van der Waals surface area contributed by atoms with Gasteiger partial charge in [0.2, 0.25) is 5.91 Å². The number of nitrogens with two attached hydrogens (primary N) is 1. The molecule has 1 fully saturated rings. The molecule has 0 spiro atoms. The fourth-order valence-corrected chi connectivity index (χ4v) is 2.36. The average Bonchev–Trinajstić information content (AvgIpc) is 2.41. The second-order valence-electron chi connectivity index (χ2n) is 4.86. The van der Waals surface area contributed by atoms with E-state index in [2.05, 4.69) is 5.32 Å². The summed E-state index contributed by atoms with van der Waals surface area (Å²) in [5.41, 5.74) is 6.70. The molecule has 1 saturated carbocycles. The maximum absolute atomic E-state index is 12.0. The highest BCUT2D eigenvalue weighted by molar-refractivity contribution is 5.83. The van der Waals surface area contributed by atoms with Crippen LogP contribution in [0.1, 0.15) is 37.3 Å². The molecule has 18 heavy (non-hydrogen) atoms. The Morgan fingerprint density at radius 3 is 2.61 bits per heavy atom. The molecule has 0 heterocycles. The first kappa shape index (κ1) is 13.1. The minimum atomic E-state index is -0.666. The molecular formula is C14H20N2O2. The minimum absolute atomic E-state index is 0.152. The van der Waals surface area contributed by atoms with Crippen molar-refractivity contribution in [1.82, 2.24) is 5.32 Å². The SMILES string of the molecule is NC(C(=O)NC1CCCCC1O)c1ccccc1. The first-order valence-corrected chi connectivity index (χ1v) is 6.47. The van der Waals surface area contributed by atoms with Crippen molar-refractivity contribution in [3.05, 3.63) is 35.9 Å². The van der Waals surface area contributed by atoms with Crippen LogP contribution in [0.4, 0.5) is 0 Å². The summed E-state index contributed by atoms with van der Waals surface area (Å²) in [5.74, 6) is -0.216. The molecule has 0 bridgehead atoms. The van der Waals surface area contributed by atoms with Crippen molar-refractivity contribution >= 4 is 5.91 Å². The van der Waals surface area contributed by atoms with Crippen molar-refractivity contribution in [2.24, 2.45) is 5.73 Å². The van der Waals surface area contributed by atoms with Crippen molar-refractivity contribution < 1.29 is 9.90 Å². The Kier molecular flexibility index (Phi) is 4.33. The summed E-state index contributed by atoms with van der Waals surface area (Å²) in [6, 6.07) is 8.46. The van der Waals surface area contributed by atoms with Crippen molar-refractivity contribution in [3.63, 3.8) is 0 Å². The predicted molar refractivity (Wildman–Crippen MR) is 69.8 cm³/mol. The lowest BCUT2D eigenvalue weighted by Crippen LogP contribution is -2.48. The molecule has 1 aromatic carbocycles. The van der Waals surface area contributed by atoms with Crippen LogP contribution in [0.5, 0.6) is 0 Å². The monoisotopic (exact) mass is 248 g/mol. The Hall–Kier alpha value is -1.39. The number of amides is 1. The summed E-state index contributed by atoms with van der Waals surface area (Å²) in [4.78, 5) is 12.0. The molecule has 0 saturated heterocycles. The standard InChI is InChI=1S/C14H20N2O2/c15-13(10-6-2-1-3-7-10)14(18)16-11-8-4-5-9-12(11)17/h1-3,6-7,11-13,17H,4-5,8-9,15H2,(H,16,18). The number of carbonyl (C=O) groups is 1. The van der Waals surface area contributed by atoms with Gasteiger partial charge in [-0.3, -0.25) is 4.79 Å². The Balaban J connectivity index is 1.95. The van der Waals surface area contributed by atoms with Crippen molar-refractivity contribution in [2.45, 2.75) is 43.9 Å². The van der Waals surface area contributed by atoms with E-state index in [0.717, 1.165) is 31.2 Å². The maximum atomic E-state index is 12.0. The largest absolute Gasteiger partial charge is 0.391 e. The van der Waals surface area contributed by atoms with Gasteiger partial charge >= 0.3 is 0 Å². The van der Waals surface area contributed by atoms with Gasteiger partial charge in [-0.25, -0.2) is 0 Å². The number of benzene rings is 1. The molecule has 4 heteroatoms. The van der Waals surface area contributed by atoms with Crippen LogP contribution >= 0.6 is 0 Å². The van der Waals surface area contributed by atoms with Gasteiger partial charge in [-0.2, -0.15) is 0 Å². The summed E-state index contributed by atoms with van der Waals surface area (Å²) < 4.78 is 0. The van der Waals surface area contributed by atoms with Gasteiger partial charge in [-0.15, -0.1) is 0 Å². The third-order valence-electron chi connectivity index (χ3n) is 3.50. The highest BCUT2D eigenvalue weighted by Gasteiger charge is 2.26. The van der Waals surface area contributed by atoms with Crippen LogP contribution < -0.4 is 11.1 Å². The van der Waals surface area contributed by atoms with Crippen LogP contribution in [0.25, 0.3) is 0 Å². The van der Waals surface area contributed by atoms with E-state index < -0.39 is 12.1 Å². The average molecular weight is 248 g/mol. The molecular weight excluding hydrogens is 228 g/mol. The third-order valence-corrected chi connectivity index (χ3v) is 3.50. The molecule has 3 atom stereocenters. The molecule has 98 valence electrons. The van der Waals surface area contributed by atoms with Crippen molar-refractivity contribution in [2.75, 3.05) is 0 Å². The van der Waals surface area contributed by atoms with Gasteiger partial charge in [0.25, 0.3) is 0 Å². The van der Waals surface area contributed by atoms with Crippen LogP contribution in [0, 0.1) is 0 Å². The van der Waals surface area contributed by atoms with Crippen LogP contribution in [0.2, 0.25) is 0 Å². The van der Waals surface area contributed by atoms with Gasteiger partial charge in [0.05, 0.1) is 12.1 Å². The predicted octanol–water partition coefficient (Wildman–Crippen LogP) is 1.11. The summed E-state index contributed by atoms with van der Waals surface area (Å²) >= 11 is 0. The van der Waals surface area contributed by atoms with E-state index in [1.807, 2.05) is 30.3 Å². The van der Waals surface area contributed by atoms with Crippen LogP contribution in [0.3, 0.4) is 0 Å². The third kappa shape index (κ3) is 3.09. The maximum Gasteiger partial charge on any atom is 0.241 e. The molecule has 4 N–H and O–H groups in total. The molecule has 4 nitrogen and oxygen atoms in total. The minimum Gasteiger partial charge on any atom is -0.391 e. The number of hydrogen-bond acceptors (Lipinski definition) is 3. The van der Waals surface area contributed by atoms with Gasteiger partial charge in [0.1, 0.15) is 6.04 Å². The summed E-state index contributed by atoms with van der Waals surface area (Å²) in [6.07, 6.45) is 3.21. The van der Waals surface area contributed by atoms with Gasteiger partial charge in [-0.1, -0.05) is 43.2 Å². The molecule has 1 aliphatic carbocycles. The topological polar surface area (TPSA) is 75.4 Å². The summed E-state index contributed by atoms with van der Waals surface area (Å²) in [6.45, 7) is 0. The second-order valence-corrected chi connectivity index (χ2v) is 4.86. The molecule has 3 unspecified atom stereocenters. The zero-order valence-electron chi connectivity index (χ0n) is 10.4. The molecule has 1 aliphatic rings. The fourth-order valence-electron chi connectivity index (χ4n) is 2.36.